The molecule has 0 N–H and O–H groups in total. The predicted molar refractivity (Wildman–Crippen MR) is 206 cm³/mol. The SMILES string of the molecule is c1ccc(-c2nc(-c3ccc4c(c3)C(c3ccccc3)(c3ccccc3)c3ccccc3-4)nc(-c3ccc4c(c3)sc3ccccc34)n2)cc1. The first-order valence-electron chi connectivity index (χ1n) is 16.9. The molecule has 0 spiro atoms. The highest BCUT2D eigenvalue weighted by Crippen LogP contribution is 2.56. The summed E-state index contributed by atoms with van der Waals surface area (Å²) in [5, 5.41) is 2.53. The van der Waals surface area contributed by atoms with Crippen LogP contribution < -0.4 is 0 Å². The van der Waals surface area contributed by atoms with E-state index in [4.69, 9.17) is 15.0 Å². The van der Waals surface area contributed by atoms with Crippen LogP contribution in [0.25, 0.3) is 65.5 Å². The van der Waals surface area contributed by atoms with E-state index in [-0.39, 0.29) is 0 Å². The van der Waals surface area contributed by atoms with Crippen molar-refractivity contribution in [3.05, 3.63) is 198 Å². The molecule has 1 aliphatic rings. The van der Waals surface area contributed by atoms with E-state index in [2.05, 4.69) is 158 Å². The van der Waals surface area contributed by atoms with Crippen LogP contribution in [-0.2, 0) is 5.41 Å². The number of hydrogen-bond acceptors (Lipinski definition) is 4. The van der Waals surface area contributed by atoms with Gasteiger partial charge in [0.1, 0.15) is 0 Å². The fourth-order valence-corrected chi connectivity index (χ4v) is 8.94. The topological polar surface area (TPSA) is 38.7 Å². The Labute approximate surface area is 294 Å². The average Bonchev–Trinajstić information content (AvgIpc) is 3.72. The minimum atomic E-state index is -0.505. The summed E-state index contributed by atoms with van der Waals surface area (Å²) in [5.74, 6) is 1.97. The summed E-state index contributed by atoms with van der Waals surface area (Å²) in [4.78, 5) is 15.4. The van der Waals surface area contributed by atoms with Crippen LogP contribution in [0.2, 0.25) is 0 Å². The Balaban J connectivity index is 1.21. The maximum absolute atomic E-state index is 5.21. The van der Waals surface area contributed by atoms with Crippen LogP contribution in [0.3, 0.4) is 0 Å². The van der Waals surface area contributed by atoms with Gasteiger partial charge in [-0.2, -0.15) is 0 Å². The van der Waals surface area contributed by atoms with Crippen molar-refractivity contribution >= 4 is 31.5 Å². The van der Waals surface area contributed by atoms with Gasteiger partial charge in [-0.15, -0.1) is 11.3 Å². The van der Waals surface area contributed by atoms with Gasteiger partial charge in [0, 0.05) is 36.9 Å². The molecule has 7 aromatic carbocycles. The van der Waals surface area contributed by atoms with Gasteiger partial charge in [0.2, 0.25) is 0 Å². The number of benzene rings is 7. The molecule has 0 saturated heterocycles. The third-order valence-electron chi connectivity index (χ3n) is 10.0. The molecular formula is C46H29N3S. The summed E-state index contributed by atoms with van der Waals surface area (Å²) in [6, 6.07) is 62.7. The molecule has 10 rings (SSSR count). The molecule has 2 heterocycles. The van der Waals surface area contributed by atoms with Crippen LogP contribution in [-0.4, -0.2) is 15.0 Å². The fourth-order valence-electron chi connectivity index (χ4n) is 7.80. The molecule has 0 atom stereocenters. The summed E-state index contributed by atoms with van der Waals surface area (Å²) in [5.41, 5.74) is 9.82. The molecule has 50 heavy (non-hydrogen) atoms. The van der Waals surface area contributed by atoms with Crippen LogP contribution in [0.5, 0.6) is 0 Å². The van der Waals surface area contributed by atoms with Crippen molar-refractivity contribution in [2.45, 2.75) is 5.41 Å². The van der Waals surface area contributed by atoms with Crippen molar-refractivity contribution in [1.29, 1.82) is 0 Å². The molecule has 2 aromatic heterocycles. The molecule has 0 saturated carbocycles. The van der Waals surface area contributed by atoms with E-state index in [1.54, 1.807) is 11.3 Å². The van der Waals surface area contributed by atoms with Crippen molar-refractivity contribution in [1.82, 2.24) is 15.0 Å². The number of rotatable bonds is 5. The normalized spacial score (nSPS) is 13.0. The van der Waals surface area contributed by atoms with Gasteiger partial charge in [-0.05, 0) is 51.6 Å². The summed E-state index contributed by atoms with van der Waals surface area (Å²) in [6.45, 7) is 0. The van der Waals surface area contributed by atoms with Gasteiger partial charge < -0.3 is 0 Å². The summed E-state index contributed by atoms with van der Waals surface area (Å²) in [6.07, 6.45) is 0. The first kappa shape index (κ1) is 28.8. The zero-order valence-corrected chi connectivity index (χ0v) is 27.8. The van der Waals surface area contributed by atoms with Crippen LogP contribution in [0, 0.1) is 0 Å². The highest BCUT2D eigenvalue weighted by Gasteiger charge is 2.46. The maximum Gasteiger partial charge on any atom is 0.164 e. The number of aromatic nitrogens is 3. The molecule has 234 valence electrons. The van der Waals surface area contributed by atoms with E-state index in [9.17, 15) is 0 Å². The lowest BCUT2D eigenvalue weighted by molar-refractivity contribution is 0.768. The van der Waals surface area contributed by atoms with Crippen molar-refractivity contribution in [2.75, 3.05) is 0 Å². The fraction of sp³-hybridized carbons (Fsp3) is 0.0217. The first-order valence-corrected chi connectivity index (χ1v) is 17.7. The minimum Gasteiger partial charge on any atom is -0.208 e. The zero-order chi connectivity index (χ0) is 33.1. The van der Waals surface area contributed by atoms with Gasteiger partial charge >= 0.3 is 0 Å². The molecule has 0 fully saturated rings. The quantitative estimate of drug-likeness (QED) is 0.185. The Morgan fingerprint density at radius 3 is 1.60 bits per heavy atom. The highest BCUT2D eigenvalue weighted by atomic mass is 32.1. The molecule has 0 aliphatic heterocycles. The van der Waals surface area contributed by atoms with Gasteiger partial charge in [-0.1, -0.05) is 158 Å². The smallest absolute Gasteiger partial charge is 0.164 e. The van der Waals surface area contributed by atoms with Crippen LogP contribution in [0.4, 0.5) is 0 Å². The average molecular weight is 656 g/mol. The Hall–Kier alpha value is -6.23. The van der Waals surface area contributed by atoms with E-state index < -0.39 is 5.41 Å². The van der Waals surface area contributed by atoms with Gasteiger partial charge in [0.25, 0.3) is 0 Å². The molecule has 0 bridgehead atoms. The third-order valence-corrected chi connectivity index (χ3v) is 11.2. The van der Waals surface area contributed by atoms with Crippen molar-refractivity contribution < 1.29 is 0 Å². The van der Waals surface area contributed by atoms with E-state index in [0.29, 0.717) is 17.5 Å². The molecule has 0 radical (unpaired) electrons. The van der Waals surface area contributed by atoms with E-state index >= 15 is 0 Å². The molecule has 4 heteroatoms. The molecule has 1 aliphatic carbocycles. The van der Waals surface area contributed by atoms with Gasteiger partial charge in [0.05, 0.1) is 5.41 Å². The van der Waals surface area contributed by atoms with Crippen LogP contribution in [0.15, 0.2) is 176 Å². The molecule has 9 aromatic rings. The molecule has 3 nitrogen and oxygen atoms in total. The Morgan fingerprint density at radius 2 is 0.880 bits per heavy atom. The van der Waals surface area contributed by atoms with Crippen molar-refractivity contribution in [3.8, 4) is 45.3 Å². The maximum atomic E-state index is 5.21. The largest absolute Gasteiger partial charge is 0.208 e. The number of fused-ring (bicyclic) bond motifs is 6. The lowest BCUT2D eigenvalue weighted by Gasteiger charge is -2.34. The zero-order valence-electron chi connectivity index (χ0n) is 27.0. The van der Waals surface area contributed by atoms with Crippen LogP contribution in [0.1, 0.15) is 22.3 Å². The number of thiophene rings is 1. The lowest BCUT2D eigenvalue weighted by Crippen LogP contribution is -2.28. The molecule has 0 amide bonds. The Kier molecular flexibility index (Phi) is 6.58. The van der Waals surface area contributed by atoms with Gasteiger partial charge in [-0.25, -0.2) is 15.0 Å². The minimum absolute atomic E-state index is 0.505. The Bertz CT molecular complexity index is 2660. The van der Waals surface area contributed by atoms with Crippen LogP contribution >= 0.6 is 11.3 Å². The molecular weight excluding hydrogens is 627 g/mol. The first-order chi connectivity index (χ1) is 24.8. The van der Waals surface area contributed by atoms with Gasteiger partial charge in [0.15, 0.2) is 17.5 Å². The van der Waals surface area contributed by atoms with Gasteiger partial charge in [-0.3, -0.25) is 0 Å². The lowest BCUT2D eigenvalue weighted by atomic mass is 9.67. The van der Waals surface area contributed by atoms with E-state index in [1.807, 2.05) is 18.2 Å². The monoisotopic (exact) mass is 655 g/mol. The predicted octanol–water partition coefficient (Wildman–Crippen LogP) is 11.6. The number of nitrogens with zero attached hydrogens (tertiary/aromatic N) is 3. The van der Waals surface area contributed by atoms with Crippen molar-refractivity contribution in [3.63, 3.8) is 0 Å². The summed E-state index contributed by atoms with van der Waals surface area (Å²) < 4.78 is 2.50. The van der Waals surface area contributed by atoms with Crippen molar-refractivity contribution in [2.24, 2.45) is 0 Å². The third kappa shape index (κ3) is 4.39. The number of hydrogen-bond donors (Lipinski definition) is 0. The second kappa shape index (κ2) is 11.4. The second-order valence-corrected chi connectivity index (χ2v) is 13.9. The van der Waals surface area contributed by atoms with E-state index in [1.165, 1.54) is 53.6 Å². The summed E-state index contributed by atoms with van der Waals surface area (Å²) >= 11 is 1.80. The Morgan fingerprint density at radius 1 is 0.360 bits per heavy atom. The standard InChI is InChI=1S/C46H29N3S/c1-4-14-30(15-5-1)43-47-44(49-45(48-43)32-25-27-38-37-21-11-13-23-41(37)50-42(38)29-32)31-24-26-36-35-20-10-12-22-39(35)46(40(36)28-31,33-16-6-2-7-17-33)34-18-8-3-9-19-34/h1-29H. The highest BCUT2D eigenvalue weighted by molar-refractivity contribution is 7.25. The second-order valence-electron chi connectivity index (χ2n) is 12.8. The summed E-state index contributed by atoms with van der Waals surface area (Å²) in [7, 11) is 0. The van der Waals surface area contributed by atoms with E-state index in [0.717, 1.165) is 16.7 Å². The molecule has 0 unspecified atom stereocenters.